The summed E-state index contributed by atoms with van der Waals surface area (Å²) in [4.78, 5) is 41.9. The lowest BCUT2D eigenvalue weighted by Crippen LogP contribution is -2.46. The normalized spacial score (nSPS) is 16.9. The molecular formula is C21H33N3O4. The monoisotopic (exact) mass is 391 g/mol. The Morgan fingerprint density at radius 1 is 1.29 bits per heavy atom. The molecule has 0 spiro atoms. The number of nitrogens with one attached hydrogen (secondary N) is 2. The Kier molecular flexibility index (Phi) is 7.66. The van der Waals surface area contributed by atoms with Crippen molar-refractivity contribution in [2.24, 2.45) is 5.92 Å². The molecule has 28 heavy (non-hydrogen) atoms. The van der Waals surface area contributed by atoms with E-state index in [9.17, 15) is 14.4 Å². The van der Waals surface area contributed by atoms with Gasteiger partial charge in [-0.1, -0.05) is 0 Å². The lowest BCUT2D eigenvalue weighted by atomic mass is 9.96. The van der Waals surface area contributed by atoms with Crippen LogP contribution in [0.2, 0.25) is 0 Å². The second kappa shape index (κ2) is 9.75. The Labute approximate surface area is 167 Å². The van der Waals surface area contributed by atoms with Gasteiger partial charge < -0.3 is 19.9 Å². The summed E-state index contributed by atoms with van der Waals surface area (Å²) in [6.07, 6.45) is 2.59. The fourth-order valence-corrected chi connectivity index (χ4v) is 3.78. The van der Waals surface area contributed by atoms with Crippen LogP contribution in [0, 0.1) is 19.8 Å². The number of carbonyl (C=O) groups excluding carboxylic acids is 3. The Balaban J connectivity index is 1.97. The maximum atomic E-state index is 12.7. The predicted molar refractivity (Wildman–Crippen MR) is 107 cm³/mol. The highest BCUT2D eigenvalue weighted by atomic mass is 16.5. The zero-order valence-electron chi connectivity index (χ0n) is 17.7. The number of esters is 1. The summed E-state index contributed by atoms with van der Waals surface area (Å²) in [7, 11) is 0. The van der Waals surface area contributed by atoms with Gasteiger partial charge in [-0.25, -0.2) is 4.79 Å². The van der Waals surface area contributed by atoms with Gasteiger partial charge in [0.05, 0.1) is 12.5 Å². The third kappa shape index (κ3) is 5.36. The number of amides is 2. The molecule has 156 valence electrons. The number of hydrogen-bond donors (Lipinski definition) is 2. The lowest BCUT2D eigenvalue weighted by Gasteiger charge is -2.32. The molecular weight excluding hydrogens is 358 g/mol. The fraction of sp³-hybridized carbons (Fsp3) is 0.667. The number of carbonyl (C=O) groups is 3. The van der Waals surface area contributed by atoms with Gasteiger partial charge in [-0.3, -0.25) is 9.59 Å². The van der Waals surface area contributed by atoms with Crippen LogP contribution >= 0.6 is 0 Å². The number of rotatable bonds is 7. The number of nitrogens with zero attached hydrogens (tertiary/aromatic N) is 1. The molecule has 1 unspecified atom stereocenters. The number of piperidine rings is 1. The molecule has 0 aliphatic carbocycles. The number of aryl methyl sites for hydroxylation is 1. The summed E-state index contributed by atoms with van der Waals surface area (Å²) < 4.78 is 5.08. The van der Waals surface area contributed by atoms with Gasteiger partial charge in [-0.15, -0.1) is 0 Å². The summed E-state index contributed by atoms with van der Waals surface area (Å²) in [6, 6.07) is 0.103. The highest BCUT2D eigenvalue weighted by molar-refractivity contribution is 5.90. The minimum Gasteiger partial charge on any atom is -0.461 e. The Bertz CT molecular complexity index is 723. The molecule has 1 aliphatic rings. The standard InChI is InChI=1S/C21H33N3O4/c1-6-28-21(27)19-14(4)17(15(5)23-19)9-10-18(25)24-11-7-8-16(12-24)20(26)22-13(2)3/h13,16,23H,6-12H2,1-5H3,(H,22,26). The number of likely N-dealkylation sites (tertiary alicyclic amines) is 1. The quantitative estimate of drug-likeness (QED) is 0.699. The Morgan fingerprint density at radius 3 is 2.64 bits per heavy atom. The highest BCUT2D eigenvalue weighted by Crippen LogP contribution is 2.22. The van der Waals surface area contributed by atoms with Crippen molar-refractivity contribution in [2.45, 2.75) is 66.3 Å². The molecule has 1 aromatic rings. The number of ether oxygens (including phenoxy) is 1. The molecule has 2 rings (SSSR count). The van der Waals surface area contributed by atoms with E-state index >= 15 is 0 Å². The van der Waals surface area contributed by atoms with Crippen LogP contribution in [0.4, 0.5) is 0 Å². The van der Waals surface area contributed by atoms with Gasteiger partial charge in [-0.05, 0) is 65.0 Å². The molecule has 1 saturated heterocycles. The third-order valence-electron chi connectivity index (χ3n) is 5.24. The average Bonchev–Trinajstić information content (AvgIpc) is 2.93. The molecule has 1 fully saturated rings. The third-order valence-corrected chi connectivity index (χ3v) is 5.24. The van der Waals surface area contributed by atoms with E-state index in [0.29, 0.717) is 38.2 Å². The summed E-state index contributed by atoms with van der Waals surface area (Å²) in [6.45, 7) is 10.9. The first-order chi connectivity index (χ1) is 13.2. The summed E-state index contributed by atoms with van der Waals surface area (Å²) >= 11 is 0. The molecule has 0 aromatic carbocycles. The van der Waals surface area contributed by atoms with Crippen LogP contribution in [0.15, 0.2) is 0 Å². The predicted octanol–water partition coefficient (Wildman–Crippen LogP) is 2.50. The number of aromatic amines is 1. The molecule has 2 N–H and O–H groups in total. The van der Waals surface area contributed by atoms with Crippen molar-refractivity contribution in [3.05, 3.63) is 22.5 Å². The molecule has 0 radical (unpaired) electrons. The first-order valence-electron chi connectivity index (χ1n) is 10.2. The summed E-state index contributed by atoms with van der Waals surface area (Å²) in [5, 5.41) is 2.94. The van der Waals surface area contributed by atoms with E-state index < -0.39 is 0 Å². The van der Waals surface area contributed by atoms with E-state index in [-0.39, 0.29) is 29.7 Å². The fourth-order valence-electron chi connectivity index (χ4n) is 3.78. The summed E-state index contributed by atoms with van der Waals surface area (Å²) in [5.41, 5.74) is 3.19. The second-order valence-electron chi connectivity index (χ2n) is 7.79. The first-order valence-corrected chi connectivity index (χ1v) is 10.2. The molecule has 2 heterocycles. The van der Waals surface area contributed by atoms with E-state index in [4.69, 9.17) is 4.74 Å². The zero-order valence-corrected chi connectivity index (χ0v) is 17.7. The number of aromatic nitrogens is 1. The molecule has 2 amide bonds. The van der Waals surface area contributed by atoms with Gasteiger partial charge in [0.2, 0.25) is 11.8 Å². The van der Waals surface area contributed by atoms with E-state index in [2.05, 4.69) is 10.3 Å². The Morgan fingerprint density at radius 2 is 2.00 bits per heavy atom. The molecule has 7 nitrogen and oxygen atoms in total. The van der Waals surface area contributed by atoms with Crippen molar-refractivity contribution in [1.29, 1.82) is 0 Å². The van der Waals surface area contributed by atoms with Crippen LogP contribution in [0.25, 0.3) is 0 Å². The van der Waals surface area contributed by atoms with Crippen molar-refractivity contribution < 1.29 is 19.1 Å². The van der Waals surface area contributed by atoms with E-state index in [1.807, 2.05) is 27.7 Å². The van der Waals surface area contributed by atoms with Crippen molar-refractivity contribution in [2.75, 3.05) is 19.7 Å². The van der Waals surface area contributed by atoms with Gasteiger partial charge >= 0.3 is 5.97 Å². The van der Waals surface area contributed by atoms with Crippen molar-refractivity contribution in [1.82, 2.24) is 15.2 Å². The molecule has 1 aliphatic heterocycles. The van der Waals surface area contributed by atoms with Crippen LogP contribution in [-0.2, 0) is 20.7 Å². The highest BCUT2D eigenvalue weighted by Gasteiger charge is 2.28. The van der Waals surface area contributed by atoms with E-state index in [1.54, 1.807) is 11.8 Å². The van der Waals surface area contributed by atoms with E-state index in [1.165, 1.54) is 0 Å². The second-order valence-corrected chi connectivity index (χ2v) is 7.79. The van der Waals surface area contributed by atoms with Gasteiger partial charge in [0.25, 0.3) is 0 Å². The van der Waals surface area contributed by atoms with Gasteiger partial charge in [0.1, 0.15) is 5.69 Å². The smallest absolute Gasteiger partial charge is 0.355 e. The summed E-state index contributed by atoms with van der Waals surface area (Å²) in [5.74, 6) is -0.411. The minimum atomic E-state index is -0.365. The molecule has 0 bridgehead atoms. The first kappa shape index (κ1) is 22.0. The zero-order chi connectivity index (χ0) is 20.8. The molecule has 7 heteroatoms. The van der Waals surface area contributed by atoms with E-state index in [0.717, 1.165) is 29.7 Å². The Hall–Kier alpha value is -2.31. The van der Waals surface area contributed by atoms with Crippen molar-refractivity contribution in [3.8, 4) is 0 Å². The van der Waals surface area contributed by atoms with Gasteiger partial charge in [0, 0.05) is 31.2 Å². The van der Waals surface area contributed by atoms with Crippen LogP contribution in [0.1, 0.15) is 67.3 Å². The van der Waals surface area contributed by atoms with Gasteiger partial charge in [-0.2, -0.15) is 0 Å². The minimum absolute atomic E-state index is 0.0314. The SMILES string of the molecule is CCOC(=O)c1[nH]c(C)c(CCC(=O)N2CCCC(C(=O)NC(C)C)C2)c1C. The molecule has 1 atom stereocenters. The number of hydrogen-bond acceptors (Lipinski definition) is 4. The lowest BCUT2D eigenvalue weighted by molar-refractivity contribution is -0.135. The maximum absolute atomic E-state index is 12.7. The van der Waals surface area contributed by atoms with Crippen LogP contribution < -0.4 is 5.32 Å². The van der Waals surface area contributed by atoms with Crippen LogP contribution in [0.3, 0.4) is 0 Å². The average molecular weight is 392 g/mol. The molecule has 0 saturated carbocycles. The van der Waals surface area contributed by atoms with Crippen LogP contribution in [0.5, 0.6) is 0 Å². The largest absolute Gasteiger partial charge is 0.461 e. The molecule has 1 aromatic heterocycles. The van der Waals surface area contributed by atoms with Crippen LogP contribution in [-0.4, -0.2) is 53.4 Å². The van der Waals surface area contributed by atoms with Gasteiger partial charge in [0.15, 0.2) is 0 Å². The van der Waals surface area contributed by atoms with Crippen molar-refractivity contribution in [3.63, 3.8) is 0 Å². The van der Waals surface area contributed by atoms with Crippen molar-refractivity contribution >= 4 is 17.8 Å². The number of H-pyrrole nitrogens is 1. The maximum Gasteiger partial charge on any atom is 0.355 e. The topological polar surface area (TPSA) is 91.5 Å².